The fourth-order valence-corrected chi connectivity index (χ4v) is 2.43. The SMILES string of the molecule is NC(c1c(F)ccc(Br)c1F)C1CCCCO1. The minimum absolute atomic E-state index is 0.0914. The molecule has 0 saturated carbocycles. The van der Waals surface area contributed by atoms with E-state index < -0.39 is 17.7 Å². The van der Waals surface area contributed by atoms with Gasteiger partial charge in [0.15, 0.2) is 0 Å². The van der Waals surface area contributed by atoms with Crippen LogP contribution in [0.2, 0.25) is 0 Å². The smallest absolute Gasteiger partial charge is 0.145 e. The Balaban J connectivity index is 2.29. The highest BCUT2D eigenvalue weighted by molar-refractivity contribution is 9.10. The van der Waals surface area contributed by atoms with Crippen molar-refractivity contribution in [3.8, 4) is 0 Å². The van der Waals surface area contributed by atoms with Crippen LogP contribution in [-0.2, 0) is 4.74 Å². The molecule has 1 aliphatic rings. The molecule has 1 saturated heterocycles. The Hall–Kier alpha value is -0.520. The molecule has 5 heteroatoms. The van der Waals surface area contributed by atoms with Gasteiger partial charge in [-0.1, -0.05) is 0 Å². The van der Waals surface area contributed by atoms with Crippen molar-refractivity contribution in [3.63, 3.8) is 0 Å². The predicted octanol–water partition coefficient (Wildman–Crippen LogP) is 3.30. The number of nitrogens with two attached hydrogens (primary N) is 1. The quantitative estimate of drug-likeness (QED) is 0.851. The van der Waals surface area contributed by atoms with Crippen molar-refractivity contribution in [2.24, 2.45) is 5.73 Å². The molecule has 1 aromatic carbocycles. The third kappa shape index (κ3) is 2.67. The fraction of sp³-hybridized carbons (Fsp3) is 0.500. The molecular weight excluding hydrogens is 292 g/mol. The highest BCUT2D eigenvalue weighted by Gasteiger charge is 2.28. The Morgan fingerprint density at radius 1 is 1.35 bits per heavy atom. The summed E-state index contributed by atoms with van der Waals surface area (Å²) in [7, 11) is 0. The highest BCUT2D eigenvalue weighted by atomic mass is 79.9. The molecular formula is C12H14BrF2NO. The van der Waals surface area contributed by atoms with Gasteiger partial charge in [-0.05, 0) is 47.3 Å². The number of ether oxygens (including phenoxy) is 1. The molecule has 2 N–H and O–H groups in total. The molecule has 1 aliphatic heterocycles. The molecule has 2 nitrogen and oxygen atoms in total. The van der Waals surface area contributed by atoms with E-state index in [0.717, 1.165) is 19.3 Å². The van der Waals surface area contributed by atoms with E-state index in [2.05, 4.69) is 15.9 Å². The van der Waals surface area contributed by atoms with E-state index in [1.54, 1.807) is 0 Å². The first kappa shape index (κ1) is 12.9. The van der Waals surface area contributed by atoms with Crippen LogP contribution in [0.1, 0.15) is 30.9 Å². The van der Waals surface area contributed by atoms with Crippen molar-refractivity contribution in [3.05, 3.63) is 33.8 Å². The summed E-state index contributed by atoms with van der Waals surface area (Å²) in [5, 5.41) is 0. The number of hydrogen-bond donors (Lipinski definition) is 1. The predicted molar refractivity (Wildman–Crippen MR) is 64.6 cm³/mol. The molecule has 2 atom stereocenters. The van der Waals surface area contributed by atoms with E-state index in [0.29, 0.717) is 6.61 Å². The lowest BCUT2D eigenvalue weighted by molar-refractivity contribution is -0.00132. The minimum atomic E-state index is -0.757. The van der Waals surface area contributed by atoms with Crippen molar-refractivity contribution < 1.29 is 13.5 Å². The zero-order chi connectivity index (χ0) is 12.4. The summed E-state index contributed by atoms with van der Waals surface area (Å²) in [4.78, 5) is 0. The molecule has 2 rings (SSSR count). The molecule has 1 fully saturated rings. The van der Waals surface area contributed by atoms with Gasteiger partial charge in [0.2, 0.25) is 0 Å². The van der Waals surface area contributed by atoms with E-state index >= 15 is 0 Å². The summed E-state index contributed by atoms with van der Waals surface area (Å²) >= 11 is 3.03. The Morgan fingerprint density at radius 3 is 2.76 bits per heavy atom. The Labute approximate surface area is 107 Å². The van der Waals surface area contributed by atoms with Crippen LogP contribution >= 0.6 is 15.9 Å². The van der Waals surface area contributed by atoms with E-state index in [4.69, 9.17) is 10.5 Å². The van der Waals surface area contributed by atoms with E-state index in [9.17, 15) is 8.78 Å². The van der Waals surface area contributed by atoms with Crippen LogP contribution in [0.25, 0.3) is 0 Å². The van der Waals surface area contributed by atoms with Crippen LogP contribution in [0.3, 0.4) is 0 Å². The normalized spacial score (nSPS) is 22.5. The first-order valence-corrected chi connectivity index (χ1v) is 6.41. The average molecular weight is 306 g/mol. The molecule has 17 heavy (non-hydrogen) atoms. The maximum absolute atomic E-state index is 13.8. The van der Waals surface area contributed by atoms with Gasteiger partial charge in [-0.15, -0.1) is 0 Å². The molecule has 1 heterocycles. The number of hydrogen-bond acceptors (Lipinski definition) is 2. The lowest BCUT2D eigenvalue weighted by Gasteiger charge is -2.28. The van der Waals surface area contributed by atoms with Gasteiger partial charge >= 0.3 is 0 Å². The van der Waals surface area contributed by atoms with Crippen LogP contribution in [0.5, 0.6) is 0 Å². The summed E-state index contributed by atoms with van der Waals surface area (Å²) in [6.45, 7) is 0.607. The maximum Gasteiger partial charge on any atom is 0.145 e. The summed E-state index contributed by atoms with van der Waals surface area (Å²) in [5.74, 6) is -1.25. The zero-order valence-corrected chi connectivity index (χ0v) is 10.8. The summed E-state index contributed by atoms with van der Waals surface area (Å²) in [6, 6.07) is 1.79. The molecule has 0 aliphatic carbocycles. The van der Waals surface area contributed by atoms with Gasteiger partial charge in [-0.2, -0.15) is 0 Å². The molecule has 0 spiro atoms. The number of benzene rings is 1. The Kier molecular flexibility index (Phi) is 4.12. The maximum atomic E-state index is 13.8. The van der Waals surface area contributed by atoms with Crippen LogP contribution in [0, 0.1) is 11.6 Å². The van der Waals surface area contributed by atoms with Gasteiger partial charge in [0.25, 0.3) is 0 Å². The van der Waals surface area contributed by atoms with E-state index in [1.165, 1.54) is 12.1 Å². The highest BCUT2D eigenvalue weighted by Crippen LogP contribution is 2.31. The second-order valence-corrected chi connectivity index (χ2v) is 5.04. The number of rotatable bonds is 2. The van der Waals surface area contributed by atoms with E-state index in [1.807, 2.05) is 0 Å². The standard InChI is InChI=1S/C12H14BrF2NO/c13-7-4-5-8(14)10(11(7)15)12(16)9-3-1-2-6-17-9/h4-5,9,12H,1-3,6,16H2. The third-order valence-corrected chi connectivity index (χ3v) is 3.64. The third-order valence-electron chi connectivity index (χ3n) is 3.03. The Morgan fingerprint density at radius 2 is 2.12 bits per heavy atom. The average Bonchev–Trinajstić information content (AvgIpc) is 2.35. The second-order valence-electron chi connectivity index (χ2n) is 4.19. The van der Waals surface area contributed by atoms with Crippen molar-refractivity contribution >= 4 is 15.9 Å². The van der Waals surface area contributed by atoms with Crippen LogP contribution in [0.4, 0.5) is 8.78 Å². The van der Waals surface area contributed by atoms with E-state index in [-0.39, 0.29) is 16.1 Å². The van der Waals surface area contributed by atoms with Gasteiger partial charge < -0.3 is 10.5 Å². The topological polar surface area (TPSA) is 35.2 Å². The van der Waals surface area contributed by atoms with Gasteiger partial charge in [-0.3, -0.25) is 0 Å². The summed E-state index contributed by atoms with van der Waals surface area (Å²) in [5.41, 5.74) is 5.82. The molecule has 2 unspecified atom stereocenters. The largest absolute Gasteiger partial charge is 0.376 e. The van der Waals surface area contributed by atoms with Gasteiger partial charge in [0.05, 0.1) is 16.6 Å². The molecule has 94 valence electrons. The van der Waals surface area contributed by atoms with Gasteiger partial charge in [0.1, 0.15) is 11.6 Å². The summed E-state index contributed by atoms with van der Waals surface area (Å²) in [6.07, 6.45) is 2.40. The first-order valence-electron chi connectivity index (χ1n) is 5.62. The Bertz CT molecular complexity index is 408. The monoisotopic (exact) mass is 305 g/mol. The van der Waals surface area contributed by atoms with Gasteiger partial charge in [-0.25, -0.2) is 8.78 Å². The van der Waals surface area contributed by atoms with Crippen molar-refractivity contribution in [1.29, 1.82) is 0 Å². The molecule has 0 amide bonds. The molecule has 1 aromatic rings. The minimum Gasteiger partial charge on any atom is -0.376 e. The summed E-state index contributed by atoms with van der Waals surface area (Å²) < 4.78 is 33.2. The molecule has 0 radical (unpaired) electrons. The number of halogens is 3. The fourth-order valence-electron chi connectivity index (χ4n) is 2.08. The van der Waals surface area contributed by atoms with Crippen molar-refractivity contribution in [1.82, 2.24) is 0 Å². The van der Waals surface area contributed by atoms with Crippen LogP contribution < -0.4 is 5.73 Å². The zero-order valence-electron chi connectivity index (χ0n) is 9.26. The van der Waals surface area contributed by atoms with Crippen LogP contribution in [0.15, 0.2) is 16.6 Å². The second kappa shape index (κ2) is 5.42. The van der Waals surface area contributed by atoms with Gasteiger partial charge in [0, 0.05) is 12.2 Å². The van der Waals surface area contributed by atoms with Crippen molar-refractivity contribution in [2.75, 3.05) is 6.61 Å². The lowest BCUT2D eigenvalue weighted by atomic mass is 9.96. The van der Waals surface area contributed by atoms with Crippen molar-refractivity contribution in [2.45, 2.75) is 31.4 Å². The molecule has 0 bridgehead atoms. The van der Waals surface area contributed by atoms with Crippen LogP contribution in [-0.4, -0.2) is 12.7 Å². The molecule has 0 aromatic heterocycles. The first-order chi connectivity index (χ1) is 8.11. The lowest BCUT2D eigenvalue weighted by Crippen LogP contribution is -2.33.